The summed E-state index contributed by atoms with van der Waals surface area (Å²) in [4.78, 5) is 39.2. The van der Waals surface area contributed by atoms with Gasteiger partial charge in [-0.1, -0.05) is 94.8 Å². The number of halogens is 1. The third-order valence-corrected chi connectivity index (χ3v) is 6.56. The molecule has 176 valence electrons. The molecule has 36 heavy (non-hydrogen) atoms. The molecule has 5 rings (SSSR count). The zero-order valence-corrected chi connectivity index (χ0v) is 20.6. The average molecular weight is 538 g/mol. The summed E-state index contributed by atoms with van der Waals surface area (Å²) in [6, 6.07) is 30.3. The summed E-state index contributed by atoms with van der Waals surface area (Å²) < 4.78 is 2.03. The number of carbonyl (C=O) groups excluding carboxylic acids is 1. The Kier molecular flexibility index (Phi) is 6.36. The lowest BCUT2D eigenvalue weighted by Crippen LogP contribution is -2.28. The standard InChI is InChI=1S/C30H20BrNO4/c31-23-14-15-24-25(17-23)26(20-9-3-1-4-10-20)27(30(35)36)32(29(24)34)18-19-8-7-13-22(16-19)28(33)21-11-5-2-6-12-21/h1-17H,18H2,(H,35,36). The maximum Gasteiger partial charge on any atom is 0.353 e. The van der Waals surface area contributed by atoms with E-state index in [1.807, 2.05) is 36.4 Å². The molecule has 5 aromatic rings. The first-order valence-corrected chi connectivity index (χ1v) is 12.1. The van der Waals surface area contributed by atoms with Crippen molar-refractivity contribution in [3.63, 3.8) is 0 Å². The number of hydrogen-bond donors (Lipinski definition) is 1. The van der Waals surface area contributed by atoms with E-state index in [2.05, 4.69) is 15.9 Å². The van der Waals surface area contributed by atoms with Crippen molar-refractivity contribution in [1.29, 1.82) is 0 Å². The highest BCUT2D eigenvalue weighted by Crippen LogP contribution is 2.33. The molecule has 0 saturated heterocycles. The Hall–Kier alpha value is -4.29. The quantitative estimate of drug-likeness (QED) is 0.254. The summed E-state index contributed by atoms with van der Waals surface area (Å²) in [5, 5.41) is 11.3. The number of nitrogens with zero attached hydrogens (tertiary/aromatic N) is 1. The highest BCUT2D eigenvalue weighted by Gasteiger charge is 2.23. The van der Waals surface area contributed by atoms with Crippen molar-refractivity contribution in [2.24, 2.45) is 0 Å². The molecule has 0 aliphatic rings. The Labute approximate surface area is 215 Å². The van der Waals surface area contributed by atoms with Crippen molar-refractivity contribution in [3.8, 4) is 11.1 Å². The fraction of sp³-hybridized carbons (Fsp3) is 0.0333. The molecule has 0 bridgehead atoms. The Morgan fingerprint density at radius 3 is 2.11 bits per heavy atom. The molecule has 1 aromatic heterocycles. The number of carbonyl (C=O) groups is 2. The third-order valence-electron chi connectivity index (χ3n) is 6.06. The zero-order valence-electron chi connectivity index (χ0n) is 19.0. The summed E-state index contributed by atoms with van der Waals surface area (Å²) in [6.07, 6.45) is 0. The van der Waals surface area contributed by atoms with Crippen molar-refractivity contribution in [2.75, 3.05) is 0 Å². The van der Waals surface area contributed by atoms with Gasteiger partial charge in [-0.05, 0) is 40.8 Å². The van der Waals surface area contributed by atoms with Crippen LogP contribution in [0.3, 0.4) is 0 Å². The van der Waals surface area contributed by atoms with Crippen molar-refractivity contribution < 1.29 is 14.7 Å². The van der Waals surface area contributed by atoms with E-state index in [4.69, 9.17) is 0 Å². The normalized spacial score (nSPS) is 10.9. The zero-order chi connectivity index (χ0) is 25.2. The molecule has 0 radical (unpaired) electrons. The summed E-state index contributed by atoms with van der Waals surface area (Å²) >= 11 is 3.45. The SMILES string of the molecule is O=C(c1ccccc1)c1cccc(Cn2c(C(=O)O)c(-c3ccccc3)c3cc(Br)ccc3c2=O)c1. The van der Waals surface area contributed by atoms with Crippen LogP contribution in [0, 0.1) is 0 Å². The van der Waals surface area contributed by atoms with Crippen molar-refractivity contribution in [1.82, 2.24) is 4.57 Å². The van der Waals surface area contributed by atoms with Crippen LogP contribution in [-0.4, -0.2) is 21.4 Å². The minimum atomic E-state index is -1.20. The molecule has 1 heterocycles. The first-order valence-electron chi connectivity index (χ1n) is 11.3. The number of aromatic nitrogens is 1. The number of fused-ring (bicyclic) bond motifs is 1. The Balaban J connectivity index is 1.71. The smallest absolute Gasteiger partial charge is 0.353 e. The van der Waals surface area contributed by atoms with Gasteiger partial charge in [0.15, 0.2) is 5.78 Å². The van der Waals surface area contributed by atoms with Gasteiger partial charge in [0, 0.05) is 26.5 Å². The van der Waals surface area contributed by atoms with Crippen LogP contribution in [0.1, 0.15) is 32.0 Å². The first kappa shape index (κ1) is 23.5. The highest BCUT2D eigenvalue weighted by molar-refractivity contribution is 9.10. The van der Waals surface area contributed by atoms with Crippen LogP contribution in [0.5, 0.6) is 0 Å². The van der Waals surface area contributed by atoms with Crippen LogP contribution in [-0.2, 0) is 6.54 Å². The molecule has 4 aromatic carbocycles. The van der Waals surface area contributed by atoms with E-state index in [-0.39, 0.29) is 18.0 Å². The lowest BCUT2D eigenvalue weighted by atomic mass is 9.96. The van der Waals surface area contributed by atoms with Gasteiger partial charge in [-0.15, -0.1) is 0 Å². The van der Waals surface area contributed by atoms with E-state index >= 15 is 0 Å². The van der Waals surface area contributed by atoms with Crippen LogP contribution >= 0.6 is 15.9 Å². The highest BCUT2D eigenvalue weighted by atomic mass is 79.9. The van der Waals surface area contributed by atoms with Crippen LogP contribution in [0.4, 0.5) is 0 Å². The van der Waals surface area contributed by atoms with Gasteiger partial charge >= 0.3 is 5.97 Å². The van der Waals surface area contributed by atoms with Gasteiger partial charge in [0.2, 0.25) is 0 Å². The molecule has 5 nitrogen and oxygen atoms in total. The summed E-state index contributed by atoms with van der Waals surface area (Å²) in [5.74, 6) is -1.35. The minimum absolute atomic E-state index is 0.00220. The molecule has 0 saturated carbocycles. The molecule has 0 atom stereocenters. The molecule has 1 N–H and O–H groups in total. The summed E-state index contributed by atoms with van der Waals surface area (Å²) in [7, 11) is 0. The lowest BCUT2D eigenvalue weighted by Gasteiger charge is -2.18. The van der Waals surface area contributed by atoms with Crippen LogP contribution in [0.15, 0.2) is 112 Å². The van der Waals surface area contributed by atoms with Crippen LogP contribution in [0.25, 0.3) is 21.9 Å². The van der Waals surface area contributed by atoms with Crippen molar-refractivity contribution >= 4 is 38.5 Å². The number of aromatic carboxylic acids is 1. The van der Waals surface area contributed by atoms with Crippen LogP contribution < -0.4 is 5.56 Å². The van der Waals surface area contributed by atoms with Crippen molar-refractivity contribution in [2.45, 2.75) is 6.54 Å². The minimum Gasteiger partial charge on any atom is -0.477 e. The van der Waals surface area contributed by atoms with Gasteiger partial charge in [0.25, 0.3) is 5.56 Å². The van der Waals surface area contributed by atoms with Gasteiger partial charge in [-0.3, -0.25) is 14.2 Å². The number of ketones is 1. The monoisotopic (exact) mass is 537 g/mol. The fourth-order valence-corrected chi connectivity index (χ4v) is 4.80. The van der Waals surface area contributed by atoms with Crippen LogP contribution in [0.2, 0.25) is 0 Å². The Bertz CT molecular complexity index is 1680. The number of benzene rings is 4. The topological polar surface area (TPSA) is 76.4 Å². The second-order valence-electron chi connectivity index (χ2n) is 8.37. The molecular formula is C30H20BrNO4. The lowest BCUT2D eigenvalue weighted by molar-refractivity contribution is 0.0685. The number of pyridine rings is 1. The number of rotatable bonds is 6. The average Bonchev–Trinajstić information content (AvgIpc) is 2.90. The predicted octanol–water partition coefficient (Wildman–Crippen LogP) is 6.41. The third kappa shape index (κ3) is 4.39. The van der Waals surface area contributed by atoms with Gasteiger partial charge in [-0.2, -0.15) is 0 Å². The van der Waals surface area contributed by atoms with E-state index in [0.29, 0.717) is 38.6 Å². The fourth-order valence-electron chi connectivity index (χ4n) is 4.44. The van der Waals surface area contributed by atoms with E-state index in [9.17, 15) is 19.5 Å². The molecule has 0 aliphatic carbocycles. The molecule has 0 fully saturated rings. The molecule has 0 unspecified atom stereocenters. The molecule has 0 aliphatic heterocycles. The molecule has 0 amide bonds. The van der Waals surface area contributed by atoms with Gasteiger partial charge in [0.1, 0.15) is 5.69 Å². The number of carboxylic acids is 1. The van der Waals surface area contributed by atoms with Crippen molar-refractivity contribution in [3.05, 3.63) is 140 Å². The molecular weight excluding hydrogens is 518 g/mol. The van der Waals surface area contributed by atoms with Gasteiger partial charge in [-0.25, -0.2) is 4.79 Å². The predicted molar refractivity (Wildman–Crippen MR) is 144 cm³/mol. The Morgan fingerprint density at radius 1 is 0.750 bits per heavy atom. The molecule has 0 spiro atoms. The first-order chi connectivity index (χ1) is 17.4. The second-order valence-corrected chi connectivity index (χ2v) is 9.29. The largest absolute Gasteiger partial charge is 0.477 e. The maximum absolute atomic E-state index is 13.6. The van der Waals surface area contributed by atoms with E-state index in [0.717, 1.165) is 4.47 Å². The van der Waals surface area contributed by atoms with E-state index < -0.39 is 11.5 Å². The van der Waals surface area contributed by atoms with Gasteiger partial charge in [0.05, 0.1) is 6.54 Å². The Morgan fingerprint density at radius 2 is 1.42 bits per heavy atom. The van der Waals surface area contributed by atoms with E-state index in [1.165, 1.54) is 4.57 Å². The number of carboxylic acid groups (broad SMARTS) is 1. The summed E-state index contributed by atoms with van der Waals surface area (Å²) in [6.45, 7) is 0.00220. The molecule has 6 heteroatoms. The number of hydrogen-bond acceptors (Lipinski definition) is 3. The summed E-state index contributed by atoms with van der Waals surface area (Å²) in [5.41, 5.74) is 2.33. The maximum atomic E-state index is 13.6. The second kappa shape index (κ2) is 9.76. The van der Waals surface area contributed by atoms with E-state index in [1.54, 1.807) is 66.7 Å². The van der Waals surface area contributed by atoms with Gasteiger partial charge < -0.3 is 5.11 Å².